The van der Waals surface area contributed by atoms with Crippen LogP contribution < -0.4 is 10.6 Å². The highest BCUT2D eigenvalue weighted by atomic mass is 32.2. The second kappa shape index (κ2) is 9.93. The number of hydrogen-bond acceptors (Lipinski definition) is 4. The van der Waals surface area contributed by atoms with Gasteiger partial charge in [-0.1, -0.05) is 30.4 Å². The fourth-order valence-electron chi connectivity index (χ4n) is 2.35. The average molecular weight is 416 g/mol. The van der Waals surface area contributed by atoms with Crippen LogP contribution in [0.2, 0.25) is 0 Å². The van der Waals surface area contributed by atoms with Crippen molar-refractivity contribution in [2.24, 2.45) is 0 Å². The van der Waals surface area contributed by atoms with E-state index in [1.54, 1.807) is 36.4 Å². The first-order valence-corrected chi connectivity index (χ1v) is 10.2. The van der Waals surface area contributed by atoms with E-state index >= 15 is 0 Å². The van der Waals surface area contributed by atoms with Gasteiger partial charge >= 0.3 is 0 Å². The van der Waals surface area contributed by atoms with Gasteiger partial charge in [-0.25, -0.2) is 8.42 Å². The quantitative estimate of drug-likeness (QED) is 0.511. The van der Waals surface area contributed by atoms with E-state index in [4.69, 9.17) is 12.2 Å². The van der Waals surface area contributed by atoms with Crippen molar-refractivity contribution in [3.05, 3.63) is 85.5 Å². The molecular weight excluding hydrogens is 394 g/mol. The zero-order chi connectivity index (χ0) is 20.6. The Morgan fingerprint density at radius 2 is 1.57 bits per heavy atom. The maximum absolute atomic E-state index is 12.7. The molecule has 0 unspecified atom stereocenters. The zero-order valence-electron chi connectivity index (χ0n) is 15.2. The Balaban J connectivity index is 2.05. The summed E-state index contributed by atoms with van der Waals surface area (Å²) in [5.41, 5.74) is 1.04. The molecule has 28 heavy (non-hydrogen) atoms. The minimum atomic E-state index is -3.67. The number of hydrogen-bond donors (Lipinski definition) is 2. The molecule has 2 N–H and O–H groups in total. The lowest BCUT2D eigenvalue weighted by atomic mass is 10.2. The summed E-state index contributed by atoms with van der Waals surface area (Å²) in [6.07, 6.45) is 3.04. The molecule has 0 heterocycles. The monoisotopic (exact) mass is 415 g/mol. The summed E-state index contributed by atoms with van der Waals surface area (Å²) in [6.45, 7) is 7.53. The highest BCUT2D eigenvalue weighted by molar-refractivity contribution is 7.89. The van der Waals surface area contributed by atoms with Gasteiger partial charge in [0.05, 0.1) is 4.90 Å². The zero-order valence-corrected chi connectivity index (χ0v) is 16.8. The maximum Gasteiger partial charge on any atom is 0.257 e. The van der Waals surface area contributed by atoms with Gasteiger partial charge in [-0.2, -0.15) is 4.31 Å². The molecular formula is C20H21N3O3S2. The summed E-state index contributed by atoms with van der Waals surface area (Å²) in [5.74, 6) is -0.332. The van der Waals surface area contributed by atoms with Crippen LogP contribution in [0.3, 0.4) is 0 Å². The maximum atomic E-state index is 12.7. The first-order chi connectivity index (χ1) is 13.4. The molecule has 0 saturated carbocycles. The molecule has 0 saturated heterocycles. The van der Waals surface area contributed by atoms with Gasteiger partial charge in [0.1, 0.15) is 0 Å². The van der Waals surface area contributed by atoms with Crippen molar-refractivity contribution in [2.45, 2.75) is 4.90 Å². The largest absolute Gasteiger partial charge is 0.332 e. The summed E-state index contributed by atoms with van der Waals surface area (Å²) in [4.78, 5) is 12.2. The molecule has 0 aliphatic heterocycles. The Morgan fingerprint density at radius 1 is 1.00 bits per heavy atom. The van der Waals surface area contributed by atoms with Gasteiger partial charge in [0.25, 0.3) is 5.91 Å². The first kappa shape index (κ1) is 21.5. The topological polar surface area (TPSA) is 78.5 Å². The third kappa shape index (κ3) is 5.59. The third-order valence-electron chi connectivity index (χ3n) is 3.68. The number of nitrogens with zero attached hydrogens (tertiary/aromatic N) is 1. The van der Waals surface area contributed by atoms with Crippen LogP contribution in [0.5, 0.6) is 0 Å². The van der Waals surface area contributed by atoms with Gasteiger partial charge in [-0.15, -0.1) is 13.2 Å². The molecule has 0 bridgehead atoms. The van der Waals surface area contributed by atoms with Crippen molar-refractivity contribution in [3.63, 3.8) is 0 Å². The molecule has 0 aliphatic rings. The summed E-state index contributed by atoms with van der Waals surface area (Å²) in [7, 11) is -3.67. The molecule has 1 amide bonds. The Morgan fingerprint density at radius 3 is 2.11 bits per heavy atom. The van der Waals surface area contributed by atoms with Crippen LogP contribution in [0.15, 0.2) is 84.8 Å². The molecule has 0 aliphatic carbocycles. The van der Waals surface area contributed by atoms with Crippen LogP contribution in [0.1, 0.15) is 10.4 Å². The molecule has 2 aromatic rings. The number of rotatable bonds is 8. The Labute approximate surface area is 170 Å². The Kier molecular flexibility index (Phi) is 7.62. The van der Waals surface area contributed by atoms with Crippen LogP contribution in [0.25, 0.3) is 0 Å². The van der Waals surface area contributed by atoms with Crippen molar-refractivity contribution in [2.75, 3.05) is 18.4 Å². The first-order valence-electron chi connectivity index (χ1n) is 8.38. The number of carbonyl (C=O) groups is 1. The van der Waals surface area contributed by atoms with E-state index in [9.17, 15) is 13.2 Å². The lowest BCUT2D eigenvalue weighted by Crippen LogP contribution is -2.34. The molecule has 0 fully saturated rings. The van der Waals surface area contributed by atoms with Crippen LogP contribution in [-0.2, 0) is 10.0 Å². The molecule has 0 aromatic heterocycles. The van der Waals surface area contributed by atoms with E-state index in [1.807, 2.05) is 6.07 Å². The predicted octanol–water partition coefficient (Wildman–Crippen LogP) is 3.18. The second-order valence-corrected chi connectivity index (χ2v) is 8.04. The standard InChI is InChI=1S/C20H21N3O3S2/c1-3-14-23(15-4-2)28(25,26)18-12-10-17(11-13-18)21-20(27)22-19(24)16-8-6-5-7-9-16/h3-13H,1-2,14-15H2,(H2,21,22,24,27). The predicted molar refractivity (Wildman–Crippen MR) is 116 cm³/mol. The fourth-order valence-corrected chi connectivity index (χ4v) is 3.94. The van der Waals surface area contributed by atoms with Gasteiger partial charge in [-0.3, -0.25) is 10.1 Å². The number of carbonyl (C=O) groups excluding carboxylic acids is 1. The smallest absolute Gasteiger partial charge is 0.257 e. The summed E-state index contributed by atoms with van der Waals surface area (Å²) in [6, 6.07) is 14.8. The van der Waals surface area contributed by atoms with E-state index in [0.29, 0.717) is 11.3 Å². The van der Waals surface area contributed by atoms with Crippen LogP contribution >= 0.6 is 12.2 Å². The van der Waals surface area contributed by atoms with Gasteiger partial charge in [-0.05, 0) is 48.6 Å². The minimum Gasteiger partial charge on any atom is -0.332 e. The summed E-state index contributed by atoms with van der Waals surface area (Å²) >= 11 is 5.14. The molecule has 0 radical (unpaired) electrons. The van der Waals surface area contributed by atoms with E-state index in [0.717, 1.165) is 0 Å². The normalized spacial score (nSPS) is 10.9. The van der Waals surface area contributed by atoms with Gasteiger partial charge < -0.3 is 5.32 Å². The highest BCUT2D eigenvalue weighted by Crippen LogP contribution is 2.18. The molecule has 6 nitrogen and oxygen atoms in total. The minimum absolute atomic E-state index is 0.115. The van der Waals surface area contributed by atoms with Crippen molar-refractivity contribution in [1.82, 2.24) is 9.62 Å². The number of amides is 1. The SMILES string of the molecule is C=CCN(CC=C)S(=O)(=O)c1ccc(NC(=S)NC(=O)c2ccccc2)cc1. The van der Waals surface area contributed by atoms with Crippen molar-refractivity contribution in [1.29, 1.82) is 0 Å². The van der Waals surface area contributed by atoms with Gasteiger partial charge in [0.2, 0.25) is 10.0 Å². The molecule has 146 valence electrons. The van der Waals surface area contributed by atoms with Crippen LogP contribution in [0, 0.1) is 0 Å². The number of benzene rings is 2. The number of sulfonamides is 1. The van der Waals surface area contributed by atoms with Crippen LogP contribution in [-0.4, -0.2) is 36.8 Å². The Hall–Kier alpha value is -2.81. The molecule has 2 rings (SSSR count). The third-order valence-corrected chi connectivity index (χ3v) is 5.73. The van der Waals surface area contributed by atoms with Crippen molar-refractivity contribution < 1.29 is 13.2 Å². The molecule has 0 atom stereocenters. The number of nitrogens with one attached hydrogen (secondary N) is 2. The average Bonchev–Trinajstić information content (AvgIpc) is 2.68. The highest BCUT2D eigenvalue weighted by Gasteiger charge is 2.22. The lowest BCUT2D eigenvalue weighted by molar-refractivity contribution is 0.0977. The van der Waals surface area contributed by atoms with E-state index < -0.39 is 10.0 Å². The molecule has 8 heteroatoms. The van der Waals surface area contributed by atoms with E-state index in [2.05, 4.69) is 23.8 Å². The van der Waals surface area contributed by atoms with Gasteiger partial charge in [0.15, 0.2) is 5.11 Å². The molecule has 2 aromatic carbocycles. The van der Waals surface area contributed by atoms with Crippen molar-refractivity contribution in [3.8, 4) is 0 Å². The van der Waals surface area contributed by atoms with E-state index in [-0.39, 0.29) is 29.0 Å². The number of anilines is 1. The Bertz CT molecular complexity index is 946. The van der Waals surface area contributed by atoms with Crippen molar-refractivity contribution >= 4 is 38.9 Å². The van der Waals surface area contributed by atoms with Gasteiger partial charge in [0, 0.05) is 24.3 Å². The van der Waals surface area contributed by atoms with Crippen LogP contribution in [0.4, 0.5) is 5.69 Å². The molecule has 0 spiro atoms. The fraction of sp³-hybridized carbons (Fsp3) is 0.100. The summed E-state index contributed by atoms with van der Waals surface area (Å²) in [5, 5.41) is 5.55. The number of thiocarbonyl (C=S) groups is 1. The van der Waals surface area contributed by atoms with E-state index in [1.165, 1.54) is 28.6 Å². The lowest BCUT2D eigenvalue weighted by Gasteiger charge is -2.19. The second-order valence-electron chi connectivity index (χ2n) is 5.70. The summed E-state index contributed by atoms with van der Waals surface area (Å²) < 4.78 is 26.6.